The van der Waals surface area contributed by atoms with Gasteiger partial charge in [0.2, 0.25) is 0 Å². The first-order valence-electron chi connectivity index (χ1n) is 8.37. The molecular weight excluding hydrogens is 364 g/mol. The standard InChI is InChI=1S/C20H19BrN2O/c21-15-5-3-4-14(11-15)20(24)22-12-13-8-9-19-17(10-13)16-6-1-2-7-18(16)23-19/h3-5,8-11,23H,1-2,6-7,12H2,(H,22,24). The molecule has 0 unspecified atom stereocenters. The van der Waals surface area contributed by atoms with Gasteiger partial charge in [-0.25, -0.2) is 0 Å². The van der Waals surface area contributed by atoms with Crippen molar-refractivity contribution in [3.8, 4) is 0 Å². The fourth-order valence-electron chi connectivity index (χ4n) is 3.48. The number of fused-ring (bicyclic) bond motifs is 3. The first-order valence-corrected chi connectivity index (χ1v) is 9.16. The lowest BCUT2D eigenvalue weighted by Crippen LogP contribution is -2.22. The van der Waals surface area contributed by atoms with Gasteiger partial charge in [-0.2, -0.15) is 0 Å². The minimum Gasteiger partial charge on any atom is -0.358 e. The molecule has 0 radical (unpaired) electrons. The molecule has 1 heterocycles. The molecule has 1 aromatic heterocycles. The Bertz CT molecular complexity index is 913. The van der Waals surface area contributed by atoms with Crippen LogP contribution in [-0.2, 0) is 19.4 Å². The predicted octanol–water partition coefficient (Wildman–Crippen LogP) is 4.74. The summed E-state index contributed by atoms with van der Waals surface area (Å²) in [5, 5.41) is 4.33. The maximum atomic E-state index is 12.3. The molecule has 1 amide bonds. The van der Waals surface area contributed by atoms with Gasteiger partial charge in [0, 0.05) is 33.2 Å². The summed E-state index contributed by atoms with van der Waals surface area (Å²) in [7, 11) is 0. The van der Waals surface area contributed by atoms with E-state index in [-0.39, 0.29) is 5.91 Å². The molecule has 1 aliphatic rings. The number of halogens is 1. The van der Waals surface area contributed by atoms with Crippen LogP contribution in [0, 0.1) is 0 Å². The van der Waals surface area contributed by atoms with E-state index in [9.17, 15) is 4.79 Å². The average molecular weight is 383 g/mol. The number of benzene rings is 2. The highest BCUT2D eigenvalue weighted by Crippen LogP contribution is 2.29. The second-order valence-electron chi connectivity index (χ2n) is 6.36. The number of rotatable bonds is 3. The molecule has 3 aromatic rings. The summed E-state index contributed by atoms with van der Waals surface area (Å²) in [6.07, 6.45) is 4.85. The van der Waals surface area contributed by atoms with Gasteiger partial charge in [-0.3, -0.25) is 4.79 Å². The molecule has 2 N–H and O–H groups in total. The Morgan fingerprint density at radius 2 is 2.00 bits per heavy atom. The van der Waals surface area contributed by atoms with Crippen molar-refractivity contribution >= 4 is 32.7 Å². The lowest BCUT2D eigenvalue weighted by Gasteiger charge is -2.11. The molecule has 0 saturated carbocycles. The third kappa shape index (κ3) is 2.98. The zero-order valence-corrected chi connectivity index (χ0v) is 14.9. The molecule has 1 aliphatic carbocycles. The molecular formula is C20H19BrN2O. The highest BCUT2D eigenvalue weighted by molar-refractivity contribution is 9.10. The maximum Gasteiger partial charge on any atom is 0.251 e. The number of aromatic amines is 1. The fourth-order valence-corrected chi connectivity index (χ4v) is 3.88. The number of aromatic nitrogens is 1. The van der Waals surface area contributed by atoms with Gasteiger partial charge in [0.15, 0.2) is 0 Å². The van der Waals surface area contributed by atoms with Gasteiger partial charge in [-0.1, -0.05) is 28.1 Å². The van der Waals surface area contributed by atoms with E-state index in [0.29, 0.717) is 12.1 Å². The molecule has 4 heteroatoms. The molecule has 0 fully saturated rings. The second kappa shape index (κ2) is 6.44. The van der Waals surface area contributed by atoms with Crippen LogP contribution in [0.5, 0.6) is 0 Å². The second-order valence-corrected chi connectivity index (χ2v) is 7.28. The third-order valence-electron chi connectivity index (χ3n) is 4.70. The van der Waals surface area contributed by atoms with E-state index in [2.05, 4.69) is 44.4 Å². The summed E-state index contributed by atoms with van der Waals surface area (Å²) in [4.78, 5) is 15.8. The van der Waals surface area contributed by atoms with Crippen molar-refractivity contribution in [3.63, 3.8) is 0 Å². The van der Waals surface area contributed by atoms with E-state index in [0.717, 1.165) is 22.9 Å². The third-order valence-corrected chi connectivity index (χ3v) is 5.20. The Kier molecular flexibility index (Phi) is 4.15. The van der Waals surface area contributed by atoms with Gasteiger partial charge in [0.25, 0.3) is 5.91 Å². The van der Waals surface area contributed by atoms with Crippen LogP contribution in [0.3, 0.4) is 0 Å². The summed E-state index contributed by atoms with van der Waals surface area (Å²) < 4.78 is 0.913. The normalized spacial score (nSPS) is 13.7. The molecule has 24 heavy (non-hydrogen) atoms. The van der Waals surface area contributed by atoms with Gasteiger partial charge >= 0.3 is 0 Å². The first kappa shape index (κ1) is 15.5. The van der Waals surface area contributed by atoms with E-state index in [4.69, 9.17) is 0 Å². The van der Waals surface area contributed by atoms with Crippen LogP contribution < -0.4 is 5.32 Å². The molecule has 4 rings (SSSR count). The van der Waals surface area contributed by atoms with Crippen molar-refractivity contribution in [2.24, 2.45) is 0 Å². The topological polar surface area (TPSA) is 44.9 Å². The SMILES string of the molecule is O=C(NCc1ccc2[nH]c3c(c2c1)CCCC3)c1cccc(Br)c1. The smallest absolute Gasteiger partial charge is 0.251 e. The van der Waals surface area contributed by atoms with E-state index >= 15 is 0 Å². The predicted molar refractivity (Wildman–Crippen MR) is 100 cm³/mol. The van der Waals surface area contributed by atoms with Gasteiger partial charge in [-0.15, -0.1) is 0 Å². The minimum atomic E-state index is -0.0486. The number of H-pyrrole nitrogens is 1. The Morgan fingerprint density at radius 1 is 1.12 bits per heavy atom. The van der Waals surface area contributed by atoms with E-state index in [1.54, 1.807) is 0 Å². The van der Waals surface area contributed by atoms with Crippen LogP contribution in [0.4, 0.5) is 0 Å². The zero-order chi connectivity index (χ0) is 16.5. The minimum absolute atomic E-state index is 0.0486. The molecule has 122 valence electrons. The first-order chi connectivity index (χ1) is 11.7. The van der Waals surface area contributed by atoms with Crippen molar-refractivity contribution in [3.05, 3.63) is 69.3 Å². The Balaban J connectivity index is 1.53. The van der Waals surface area contributed by atoms with Gasteiger partial charge in [0.1, 0.15) is 0 Å². The average Bonchev–Trinajstić information content (AvgIpc) is 2.97. The van der Waals surface area contributed by atoms with E-state index in [1.165, 1.54) is 35.0 Å². The summed E-state index contributed by atoms with van der Waals surface area (Å²) in [6.45, 7) is 0.543. The highest BCUT2D eigenvalue weighted by atomic mass is 79.9. The molecule has 0 atom stereocenters. The van der Waals surface area contributed by atoms with Crippen LogP contribution in [0.2, 0.25) is 0 Å². The molecule has 0 saturated heterocycles. The molecule has 0 spiro atoms. The maximum absolute atomic E-state index is 12.3. The highest BCUT2D eigenvalue weighted by Gasteiger charge is 2.15. The summed E-state index contributed by atoms with van der Waals surface area (Å²) in [5.41, 5.74) is 5.88. The van der Waals surface area contributed by atoms with Crippen LogP contribution in [0.1, 0.15) is 40.0 Å². The lowest BCUT2D eigenvalue weighted by molar-refractivity contribution is 0.0951. The number of carbonyl (C=O) groups is 1. The van der Waals surface area contributed by atoms with E-state index in [1.807, 2.05) is 24.3 Å². The molecule has 3 nitrogen and oxygen atoms in total. The van der Waals surface area contributed by atoms with Gasteiger partial charge in [-0.05, 0) is 67.1 Å². The number of amides is 1. The van der Waals surface area contributed by atoms with Crippen LogP contribution in [0.25, 0.3) is 10.9 Å². The molecule has 0 aliphatic heterocycles. The Hall–Kier alpha value is -2.07. The fraction of sp³-hybridized carbons (Fsp3) is 0.250. The number of hydrogen-bond acceptors (Lipinski definition) is 1. The zero-order valence-electron chi connectivity index (χ0n) is 13.4. The largest absolute Gasteiger partial charge is 0.358 e. The number of hydrogen-bond donors (Lipinski definition) is 2. The number of nitrogens with one attached hydrogen (secondary N) is 2. The summed E-state index contributed by atoms with van der Waals surface area (Å²) in [5.74, 6) is -0.0486. The van der Waals surface area contributed by atoms with Gasteiger partial charge in [0.05, 0.1) is 0 Å². The monoisotopic (exact) mass is 382 g/mol. The van der Waals surface area contributed by atoms with Crippen LogP contribution >= 0.6 is 15.9 Å². The van der Waals surface area contributed by atoms with Crippen molar-refractivity contribution in [2.75, 3.05) is 0 Å². The van der Waals surface area contributed by atoms with Gasteiger partial charge < -0.3 is 10.3 Å². The van der Waals surface area contributed by atoms with E-state index < -0.39 is 0 Å². The number of carbonyl (C=O) groups excluding carboxylic acids is 1. The summed E-state index contributed by atoms with van der Waals surface area (Å²) >= 11 is 3.40. The number of aryl methyl sites for hydroxylation is 2. The van der Waals surface area contributed by atoms with Crippen molar-refractivity contribution < 1.29 is 4.79 Å². The quantitative estimate of drug-likeness (QED) is 0.674. The van der Waals surface area contributed by atoms with Crippen LogP contribution in [-0.4, -0.2) is 10.9 Å². The Labute approximate surface area is 149 Å². The van der Waals surface area contributed by atoms with Crippen molar-refractivity contribution in [1.29, 1.82) is 0 Å². The Morgan fingerprint density at radius 3 is 2.88 bits per heavy atom. The molecule has 2 aromatic carbocycles. The van der Waals surface area contributed by atoms with Crippen molar-refractivity contribution in [2.45, 2.75) is 32.2 Å². The van der Waals surface area contributed by atoms with Crippen LogP contribution in [0.15, 0.2) is 46.9 Å². The summed E-state index contributed by atoms with van der Waals surface area (Å²) in [6, 6.07) is 13.9. The lowest BCUT2D eigenvalue weighted by atomic mass is 9.95. The van der Waals surface area contributed by atoms with Crippen molar-refractivity contribution in [1.82, 2.24) is 10.3 Å². The molecule has 0 bridgehead atoms.